The van der Waals surface area contributed by atoms with Crippen LogP contribution in [0.3, 0.4) is 0 Å². The Kier molecular flexibility index (Phi) is 4.46. The van der Waals surface area contributed by atoms with E-state index in [1.165, 1.54) is 5.56 Å². The van der Waals surface area contributed by atoms with Gasteiger partial charge in [-0.15, -0.1) is 0 Å². The third kappa shape index (κ3) is 3.44. The standard InChI is InChI=1S/C18H18ClN3O/c1-13(14-6-8-15(19)9-7-14)21(2)12-16-11-18(23)22-10-4-3-5-17(22)20-16/h3-11,13H,12H2,1-2H3. The van der Waals surface area contributed by atoms with Crippen molar-refractivity contribution in [3.63, 3.8) is 0 Å². The van der Waals surface area contributed by atoms with Gasteiger partial charge in [-0.05, 0) is 43.8 Å². The van der Waals surface area contributed by atoms with Gasteiger partial charge in [-0.25, -0.2) is 4.98 Å². The molecule has 0 aliphatic heterocycles. The predicted molar refractivity (Wildman–Crippen MR) is 92.8 cm³/mol. The summed E-state index contributed by atoms with van der Waals surface area (Å²) in [4.78, 5) is 18.9. The molecular weight excluding hydrogens is 310 g/mol. The van der Waals surface area contributed by atoms with Crippen LogP contribution >= 0.6 is 11.6 Å². The van der Waals surface area contributed by atoms with E-state index in [2.05, 4.69) is 16.8 Å². The average molecular weight is 328 g/mol. The molecule has 4 nitrogen and oxygen atoms in total. The number of hydrogen-bond acceptors (Lipinski definition) is 3. The predicted octanol–water partition coefficient (Wildman–Crippen LogP) is 3.54. The number of nitrogens with zero attached hydrogens (tertiary/aromatic N) is 3. The van der Waals surface area contributed by atoms with Gasteiger partial charge in [0.25, 0.3) is 5.56 Å². The molecule has 0 saturated carbocycles. The van der Waals surface area contributed by atoms with Crippen LogP contribution in [-0.2, 0) is 6.54 Å². The third-order valence-electron chi connectivity index (χ3n) is 4.05. The lowest BCUT2D eigenvalue weighted by Crippen LogP contribution is -2.24. The minimum atomic E-state index is -0.0573. The smallest absolute Gasteiger partial charge is 0.258 e. The summed E-state index contributed by atoms with van der Waals surface area (Å²) in [6.45, 7) is 2.72. The second kappa shape index (κ2) is 6.52. The number of benzene rings is 1. The van der Waals surface area contributed by atoms with E-state index in [1.54, 1.807) is 16.7 Å². The van der Waals surface area contributed by atoms with Gasteiger partial charge in [-0.2, -0.15) is 0 Å². The molecule has 23 heavy (non-hydrogen) atoms. The minimum absolute atomic E-state index is 0.0573. The van der Waals surface area contributed by atoms with Crippen LogP contribution in [0, 0.1) is 0 Å². The summed E-state index contributed by atoms with van der Waals surface area (Å²) in [7, 11) is 2.02. The fraction of sp³-hybridized carbons (Fsp3) is 0.222. The lowest BCUT2D eigenvalue weighted by atomic mass is 10.1. The Morgan fingerprint density at radius 3 is 2.70 bits per heavy atom. The highest BCUT2D eigenvalue weighted by atomic mass is 35.5. The first-order chi connectivity index (χ1) is 11.0. The fourth-order valence-corrected chi connectivity index (χ4v) is 2.70. The fourth-order valence-electron chi connectivity index (χ4n) is 2.57. The molecular formula is C18H18ClN3O. The Labute approximate surface area is 140 Å². The van der Waals surface area contributed by atoms with Crippen molar-refractivity contribution >= 4 is 17.2 Å². The second-order valence-electron chi connectivity index (χ2n) is 5.66. The first-order valence-electron chi connectivity index (χ1n) is 7.47. The molecule has 118 valence electrons. The number of hydrogen-bond donors (Lipinski definition) is 0. The van der Waals surface area contributed by atoms with Crippen molar-refractivity contribution in [3.8, 4) is 0 Å². The Morgan fingerprint density at radius 1 is 1.22 bits per heavy atom. The van der Waals surface area contributed by atoms with Crippen LogP contribution in [0.4, 0.5) is 0 Å². The highest BCUT2D eigenvalue weighted by Gasteiger charge is 2.13. The zero-order valence-electron chi connectivity index (χ0n) is 13.1. The Morgan fingerprint density at radius 2 is 1.96 bits per heavy atom. The van der Waals surface area contributed by atoms with Gasteiger partial charge >= 0.3 is 0 Å². The minimum Gasteiger partial charge on any atom is -0.294 e. The van der Waals surface area contributed by atoms with Crippen LogP contribution in [0.5, 0.6) is 0 Å². The molecule has 2 heterocycles. The Hall–Kier alpha value is -2.17. The van der Waals surface area contributed by atoms with E-state index in [1.807, 2.05) is 49.5 Å². The molecule has 0 N–H and O–H groups in total. The lowest BCUT2D eigenvalue weighted by Gasteiger charge is -2.24. The molecule has 0 aliphatic rings. The molecule has 0 spiro atoms. The van der Waals surface area contributed by atoms with Gasteiger partial charge < -0.3 is 0 Å². The van der Waals surface area contributed by atoms with Crippen molar-refractivity contribution < 1.29 is 0 Å². The van der Waals surface area contributed by atoms with Crippen LogP contribution in [0.25, 0.3) is 5.65 Å². The molecule has 1 unspecified atom stereocenters. The van der Waals surface area contributed by atoms with E-state index in [0.29, 0.717) is 12.2 Å². The number of pyridine rings is 1. The van der Waals surface area contributed by atoms with Crippen molar-refractivity contribution in [2.24, 2.45) is 0 Å². The van der Waals surface area contributed by atoms with E-state index >= 15 is 0 Å². The number of aromatic nitrogens is 2. The quantitative estimate of drug-likeness (QED) is 0.735. The molecule has 0 saturated heterocycles. The monoisotopic (exact) mass is 327 g/mol. The lowest BCUT2D eigenvalue weighted by molar-refractivity contribution is 0.250. The molecule has 5 heteroatoms. The van der Waals surface area contributed by atoms with Crippen LogP contribution in [0.1, 0.15) is 24.2 Å². The van der Waals surface area contributed by atoms with Crippen molar-refractivity contribution in [2.75, 3.05) is 7.05 Å². The van der Waals surface area contributed by atoms with Crippen molar-refractivity contribution in [2.45, 2.75) is 19.5 Å². The van der Waals surface area contributed by atoms with Gasteiger partial charge in [-0.1, -0.05) is 29.8 Å². The number of halogens is 1. The van der Waals surface area contributed by atoms with Gasteiger partial charge in [0.1, 0.15) is 5.65 Å². The summed E-state index contributed by atoms with van der Waals surface area (Å²) in [6, 6.07) is 15.2. The SMILES string of the molecule is CC(c1ccc(Cl)cc1)N(C)Cc1cc(=O)n2ccccc2n1. The van der Waals surface area contributed by atoms with E-state index < -0.39 is 0 Å². The molecule has 0 aliphatic carbocycles. The maximum absolute atomic E-state index is 12.1. The van der Waals surface area contributed by atoms with Gasteiger partial charge in [0.15, 0.2) is 0 Å². The normalized spacial score (nSPS) is 12.7. The molecule has 0 amide bonds. The van der Waals surface area contributed by atoms with Crippen LogP contribution in [0.2, 0.25) is 5.02 Å². The maximum atomic E-state index is 12.1. The van der Waals surface area contributed by atoms with Crippen molar-refractivity contribution in [1.82, 2.24) is 14.3 Å². The molecule has 3 aromatic rings. The first-order valence-corrected chi connectivity index (χ1v) is 7.85. The largest absolute Gasteiger partial charge is 0.294 e. The van der Waals surface area contributed by atoms with Gasteiger partial charge in [0.2, 0.25) is 0 Å². The zero-order valence-corrected chi connectivity index (χ0v) is 13.9. The Bertz CT molecular complexity index is 873. The maximum Gasteiger partial charge on any atom is 0.258 e. The molecule has 0 bridgehead atoms. The van der Waals surface area contributed by atoms with Crippen LogP contribution < -0.4 is 5.56 Å². The van der Waals surface area contributed by atoms with Gasteiger partial charge in [-0.3, -0.25) is 14.1 Å². The number of rotatable bonds is 4. The van der Waals surface area contributed by atoms with Crippen molar-refractivity contribution in [1.29, 1.82) is 0 Å². The summed E-state index contributed by atoms with van der Waals surface area (Å²) in [5, 5.41) is 0.729. The van der Waals surface area contributed by atoms with E-state index in [-0.39, 0.29) is 11.6 Å². The summed E-state index contributed by atoms with van der Waals surface area (Å²) < 4.78 is 1.55. The molecule has 0 fully saturated rings. The van der Waals surface area contributed by atoms with Gasteiger partial charge in [0, 0.05) is 29.9 Å². The summed E-state index contributed by atoms with van der Waals surface area (Å²) >= 11 is 5.94. The van der Waals surface area contributed by atoms with E-state index in [4.69, 9.17) is 11.6 Å². The van der Waals surface area contributed by atoms with Crippen molar-refractivity contribution in [3.05, 3.63) is 81.4 Å². The number of fused-ring (bicyclic) bond motifs is 1. The second-order valence-corrected chi connectivity index (χ2v) is 6.09. The zero-order chi connectivity index (χ0) is 16.4. The highest BCUT2D eigenvalue weighted by molar-refractivity contribution is 6.30. The van der Waals surface area contributed by atoms with Crippen LogP contribution in [-0.4, -0.2) is 21.3 Å². The van der Waals surface area contributed by atoms with E-state index in [9.17, 15) is 4.79 Å². The summed E-state index contributed by atoms with van der Waals surface area (Å²) in [5.41, 5.74) is 2.56. The summed E-state index contributed by atoms with van der Waals surface area (Å²) in [5.74, 6) is 0. The molecule has 1 atom stereocenters. The third-order valence-corrected chi connectivity index (χ3v) is 4.30. The first kappa shape index (κ1) is 15.7. The van der Waals surface area contributed by atoms with Crippen LogP contribution in [0.15, 0.2) is 59.5 Å². The average Bonchev–Trinajstić information content (AvgIpc) is 2.55. The van der Waals surface area contributed by atoms with E-state index in [0.717, 1.165) is 10.7 Å². The molecule has 1 aromatic carbocycles. The topological polar surface area (TPSA) is 37.6 Å². The Balaban J connectivity index is 1.83. The molecule has 3 rings (SSSR count). The molecule has 2 aromatic heterocycles. The summed E-state index contributed by atoms with van der Waals surface area (Å²) in [6.07, 6.45) is 1.73. The van der Waals surface area contributed by atoms with Gasteiger partial charge in [0.05, 0.1) is 5.69 Å². The molecule has 0 radical (unpaired) electrons. The highest BCUT2D eigenvalue weighted by Crippen LogP contribution is 2.21.